The lowest BCUT2D eigenvalue weighted by Crippen LogP contribution is -2.38. The van der Waals surface area contributed by atoms with E-state index in [1.165, 1.54) is 0 Å². The maximum atomic E-state index is 11.5. The Labute approximate surface area is 126 Å². The van der Waals surface area contributed by atoms with E-state index in [2.05, 4.69) is 11.8 Å². The Morgan fingerprint density at radius 1 is 1.45 bits per heavy atom. The molecule has 1 aliphatic heterocycles. The highest BCUT2D eigenvalue weighted by Gasteiger charge is 2.27. The second-order valence-electron chi connectivity index (χ2n) is 5.13. The molecule has 1 aromatic carbocycles. The van der Waals surface area contributed by atoms with E-state index in [1.807, 2.05) is 18.2 Å². The number of carbonyl (C=O) groups excluding carboxylic acids is 1. The Hall–Kier alpha value is -1.10. The zero-order valence-corrected chi connectivity index (χ0v) is 12.9. The smallest absolute Gasteiger partial charge is 0.163 e. The fourth-order valence-corrected chi connectivity index (χ4v) is 2.50. The molecule has 1 fully saturated rings. The maximum Gasteiger partial charge on any atom is 0.163 e. The van der Waals surface area contributed by atoms with Gasteiger partial charge in [0.2, 0.25) is 0 Å². The van der Waals surface area contributed by atoms with Crippen LogP contribution in [-0.2, 0) is 0 Å². The third-order valence-electron chi connectivity index (χ3n) is 3.85. The molecule has 1 heterocycles. The molecule has 2 atom stereocenters. The molecule has 1 aliphatic rings. The number of Topliss-reactive ketones (excluding diaryl/α,β-unsaturated/α-hetero) is 1. The van der Waals surface area contributed by atoms with Crippen molar-refractivity contribution in [2.75, 3.05) is 19.7 Å². The molecule has 2 rings (SSSR count). The number of ether oxygens (including phenoxy) is 1. The van der Waals surface area contributed by atoms with Crippen LogP contribution in [0.4, 0.5) is 0 Å². The normalized spacial score (nSPS) is 22.4. The van der Waals surface area contributed by atoms with Crippen LogP contribution < -0.4 is 10.5 Å². The minimum atomic E-state index is 0. The third kappa shape index (κ3) is 3.95. The predicted octanol–water partition coefficient (Wildman–Crippen LogP) is 2.11. The average Bonchev–Trinajstić information content (AvgIpc) is 2.71. The van der Waals surface area contributed by atoms with Gasteiger partial charge in [0.25, 0.3) is 0 Å². The van der Waals surface area contributed by atoms with Gasteiger partial charge in [-0.05, 0) is 32.4 Å². The van der Waals surface area contributed by atoms with Crippen LogP contribution in [0, 0.1) is 0 Å². The number of rotatable bonds is 5. The summed E-state index contributed by atoms with van der Waals surface area (Å²) >= 11 is 0. The van der Waals surface area contributed by atoms with Crippen LogP contribution in [0.25, 0.3) is 0 Å². The van der Waals surface area contributed by atoms with Gasteiger partial charge in [-0.25, -0.2) is 0 Å². The molecule has 0 radical (unpaired) electrons. The first kappa shape index (κ1) is 17.0. The number of likely N-dealkylation sites (tertiary alicyclic amines) is 1. The molecule has 0 bridgehead atoms. The molecule has 5 heteroatoms. The van der Waals surface area contributed by atoms with Crippen molar-refractivity contribution in [3.63, 3.8) is 0 Å². The standard InChI is InChI=1S/C15H22N2O2.ClH/c1-11-14(16)7-8-17(11)9-10-19-15-6-4-3-5-13(15)12(2)18;/h3-6,11,14H,7-10,16H2,1-2H3;1H. The molecule has 0 amide bonds. The quantitative estimate of drug-likeness (QED) is 0.846. The van der Waals surface area contributed by atoms with Gasteiger partial charge in [0.05, 0.1) is 5.56 Å². The van der Waals surface area contributed by atoms with Crippen molar-refractivity contribution in [3.05, 3.63) is 29.8 Å². The lowest BCUT2D eigenvalue weighted by molar-refractivity contribution is 0.101. The van der Waals surface area contributed by atoms with Crippen LogP contribution in [0.15, 0.2) is 24.3 Å². The monoisotopic (exact) mass is 298 g/mol. The Balaban J connectivity index is 0.00000200. The number of nitrogens with two attached hydrogens (primary N) is 1. The predicted molar refractivity (Wildman–Crippen MR) is 82.8 cm³/mol. The molecule has 1 saturated heterocycles. The maximum absolute atomic E-state index is 11.5. The summed E-state index contributed by atoms with van der Waals surface area (Å²) in [6, 6.07) is 8.06. The molecule has 20 heavy (non-hydrogen) atoms. The number of benzene rings is 1. The van der Waals surface area contributed by atoms with Crippen LogP contribution in [0.3, 0.4) is 0 Å². The van der Waals surface area contributed by atoms with Gasteiger partial charge >= 0.3 is 0 Å². The van der Waals surface area contributed by atoms with E-state index in [-0.39, 0.29) is 24.2 Å². The minimum Gasteiger partial charge on any atom is -0.491 e. The van der Waals surface area contributed by atoms with Crippen LogP contribution in [0.1, 0.15) is 30.6 Å². The molecular formula is C15H23ClN2O2. The number of carbonyl (C=O) groups is 1. The van der Waals surface area contributed by atoms with Crippen LogP contribution in [0.5, 0.6) is 5.75 Å². The van der Waals surface area contributed by atoms with Gasteiger partial charge in [0.1, 0.15) is 12.4 Å². The Kier molecular flexibility index (Phi) is 6.46. The molecule has 4 nitrogen and oxygen atoms in total. The Morgan fingerprint density at radius 2 is 2.15 bits per heavy atom. The summed E-state index contributed by atoms with van der Waals surface area (Å²) in [5, 5.41) is 0. The number of ketones is 1. The molecule has 0 spiro atoms. The molecule has 0 aliphatic carbocycles. The molecule has 0 saturated carbocycles. The van der Waals surface area contributed by atoms with Gasteiger partial charge < -0.3 is 10.5 Å². The van der Waals surface area contributed by atoms with Gasteiger partial charge in [-0.3, -0.25) is 9.69 Å². The first-order valence-electron chi connectivity index (χ1n) is 6.82. The van der Waals surface area contributed by atoms with Gasteiger partial charge in [-0.15, -0.1) is 12.4 Å². The molecule has 0 aromatic heterocycles. The van der Waals surface area contributed by atoms with Crippen LogP contribution in [0.2, 0.25) is 0 Å². The van der Waals surface area contributed by atoms with Crippen molar-refractivity contribution in [3.8, 4) is 5.75 Å². The third-order valence-corrected chi connectivity index (χ3v) is 3.85. The van der Waals surface area contributed by atoms with E-state index in [1.54, 1.807) is 13.0 Å². The molecule has 112 valence electrons. The van der Waals surface area contributed by atoms with Crippen molar-refractivity contribution in [1.29, 1.82) is 0 Å². The number of hydrogen-bond acceptors (Lipinski definition) is 4. The van der Waals surface area contributed by atoms with Crippen molar-refractivity contribution in [1.82, 2.24) is 4.90 Å². The van der Waals surface area contributed by atoms with Gasteiger partial charge in [0.15, 0.2) is 5.78 Å². The molecular weight excluding hydrogens is 276 g/mol. The van der Waals surface area contributed by atoms with Crippen LogP contribution >= 0.6 is 12.4 Å². The first-order chi connectivity index (χ1) is 9.09. The summed E-state index contributed by atoms with van der Waals surface area (Å²) in [5.41, 5.74) is 6.64. The minimum absolute atomic E-state index is 0. The summed E-state index contributed by atoms with van der Waals surface area (Å²) in [6.07, 6.45) is 1.05. The number of hydrogen-bond donors (Lipinski definition) is 1. The van der Waals surface area contributed by atoms with Crippen molar-refractivity contribution in [2.45, 2.75) is 32.4 Å². The van der Waals surface area contributed by atoms with E-state index >= 15 is 0 Å². The summed E-state index contributed by atoms with van der Waals surface area (Å²) < 4.78 is 5.74. The molecule has 1 aromatic rings. The van der Waals surface area contributed by atoms with Crippen LogP contribution in [-0.4, -0.2) is 42.5 Å². The molecule has 2 N–H and O–H groups in total. The second-order valence-corrected chi connectivity index (χ2v) is 5.13. The lowest BCUT2D eigenvalue weighted by Gasteiger charge is -2.23. The van der Waals surface area contributed by atoms with E-state index in [9.17, 15) is 4.79 Å². The molecule has 2 unspecified atom stereocenters. The van der Waals surface area contributed by atoms with E-state index in [4.69, 9.17) is 10.5 Å². The highest BCUT2D eigenvalue weighted by atomic mass is 35.5. The topological polar surface area (TPSA) is 55.6 Å². The number of nitrogens with zero attached hydrogens (tertiary/aromatic N) is 1. The Bertz CT molecular complexity index is 453. The zero-order valence-electron chi connectivity index (χ0n) is 12.0. The lowest BCUT2D eigenvalue weighted by atomic mass is 10.1. The summed E-state index contributed by atoms with van der Waals surface area (Å²) in [4.78, 5) is 13.8. The van der Waals surface area contributed by atoms with E-state index in [0.717, 1.165) is 19.5 Å². The number of halogens is 1. The van der Waals surface area contributed by atoms with Gasteiger partial charge in [-0.2, -0.15) is 0 Å². The van der Waals surface area contributed by atoms with Crippen molar-refractivity contribution in [2.24, 2.45) is 5.73 Å². The summed E-state index contributed by atoms with van der Waals surface area (Å²) in [5.74, 6) is 0.707. The second kappa shape index (κ2) is 7.62. The number of para-hydroxylation sites is 1. The first-order valence-corrected chi connectivity index (χ1v) is 6.82. The van der Waals surface area contributed by atoms with E-state index in [0.29, 0.717) is 24.0 Å². The fourth-order valence-electron chi connectivity index (χ4n) is 2.50. The van der Waals surface area contributed by atoms with Gasteiger partial charge in [-0.1, -0.05) is 12.1 Å². The average molecular weight is 299 g/mol. The Morgan fingerprint density at radius 3 is 2.75 bits per heavy atom. The van der Waals surface area contributed by atoms with Crippen molar-refractivity contribution < 1.29 is 9.53 Å². The SMILES string of the molecule is CC(=O)c1ccccc1OCCN1CCC(N)C1C.Cl. The highest BCUT2D eigenvalue weighted by Crippen LogP contribution is 2.19. The summed E-state index contributed by atoms with van der Waals surface area (Å²) in [6.45, 7) is 6.17. The van der Waals surface area contributed by atoms with E-state index < -0.39 is 0 Å². The fraction of sp³-hybridized carbons (Fsp3) is 0.533. The highest BCUT2D eigenvalue weighted by molar-refractivity contribution is 5.96. The summed E-state index contributed by atoms with van der Waals surface area (Å²) in [7, 11) is 0. The largest absolute Gasteiger partial charge is 0.491 e. The zero-order chi connectivity index (χ0) is 13.8. The van der Waals surface area contributed by atoms with Gasteiger partial charge in [0, 0.05) is 25.2 Å². The van der Waals surface area contributed by atoms with Crippen molar-refractivity contribution >= 4 is 18.2 Å².